The summed E-state index contributed by atoms with van der Waals surface area (Å²) in [6.07, 6.45) is 7.09. The second-order valence-electron chi connectivity index (χ2n) is 7.53. The molecule has 1 aliphatic rings. The topological polar surface area (TPSA) is 19.4 Å². The number of aryl methyl sites for hydroxylation is 1. The van der Waals surface area contributed by atoms with E-state index in [0.717, 1.165) is 50.3 Å². The molecule has 1 aromatic heterocycles. The first-order chi connectivity index (χ1) is 12.7. The van der Waals surface area contributed by atoms with Crippen LogP contribution in [0.2, 0.25) is 0 Å². The Hall–Kier alpha value is -1.78. The molecule has 0 radical (unpaired) electrons. The Morgan fingerprint density at radius 1 is 1.27 bits per heavy atom. The molecular weight excluding hydrogens is 325 g/mol. The van der Waals surface area contributed by atoms with E-state index in [2.05, 4.69) is 40.9 Å². The summed E-state index contributed by atoms with van der Waals surface area (Å²) in [5.74, 6) is 0.586. The van der Waals surface area contributed by atoms with E-state index in [1.165, 1.54) is 18.4 Å². The SMILES string of the molecule is CCc1cccc(F)c1CN1CCCC(CN(C)Cc2cccnc2)C1. The Morgan fingerprint density at radius 3 is 2.92 bits per heavy atom. The van der Waals surface area contributed by atoms with Crippen LogP contribution in [0.15, 0.2) is 42.7 Å². The predicted molar refractivity (Wildman–Crippen MR) is 104 cm³/mol. The molecule has 2 heterocycles. The van der Waals surface area contributed by atoms with Gasteiger partial charge in [0.15, 0.2) is 0 Å². The third-order valence-electron chi connectivity index (χ3n) is 5.33. The van der Waals surface area contributed by atoms with Gasteiger partial charge in [0, 0.05) is 44.1 Å². The fraction of sp³-hybridized carbons (Fsp3) is 0.500. The highest BCUT2D eigenvalue weighted by atomic mass is 19.1. The highest BCUT2D eigenvalue weighted by molar-refractivity contribution is 5.28. The van der Waals surface area contributed by atoms with Crippen molar-refractivity contribution in [3.8, 4) is 0 Å². The number of likely N-dealkylation sites (tertiary alicyclic amines) is 1. The number of hydrogen-bond acceptors (Lipinski definition) is 3. The number of pyridine rings is 1. The van der Waals surface area contributed by atoms with E-state index < -0.39 is 0 Å². The van der Waals surface area contributed by atoms with Gasteiger partial charge in [0.1, 0.15) is 5.82 Å². The quantitative estimate of drug-likeness (QED) is 0.744. The number of benzene rings is 1. The molecule has 1 aromatic carbocycles. The zero-order valence-corrected chi connectivity index (χ0v) is 16.0. The van der Waals surface area contributed by atoms with Crippen molar-refractivity contribution in [2.45, 2.75) is 39.3 Å². The normalized spacial score (nSPS) is 18.4. The fourth-order valence-electron chi connectivity index (χ4n) is 4.09. The molecule has 1 unspecified atom stereocenters. The maximum absolute atomic E-state index is 14.3. The maximum Gasteiger partial charge on any atom is 0.127 e. The third kappa shape index (κ3) is 5.12. The lowest BCUT2D eigenvalue weighted by atomic mass is 9.96. The summed E-state index contributed by atoms with van der Waals surface area (Å²) in [6, 6.07) is 9.59. The van der Waals surface area contributed by atoms with Gasteiger partial charge >= 0.3 is 0 Å². The van der Waals surface area contributed by atoms with Crippen molar-refractivity contribution in [2.75, 3.05) is 26.7 Å². The van der Waals surface area contributed by atoms with Crippen LogP contribution in [0.3, 0.4) is 0 Å². The summed E-state index contributed by atoms with van der Waals surface area (Å²) < 4.78 is 14.3. The van der Waals surface area contributed by atoms with Crippen LogP contribution in [-0.4, -0.2) is 41.5 Å². The molecule has 0 saturated carbocycles. The van der Waals surface area contributed by atoms with E-state index in [1.807, 2.05) is 24.5 Å². The Balaban J connectivity index is 1.56. The third-order valence-corrected chi connectivity index (χ3v) is 5.33. The molecule has 3 rings (SSSR count). The summed E-state index contributed by atoms with van der Waals surface area (Å²) >= 11 is 0. The minimum atomic E-state index is -0.0554. The lowest BCUT2D eigenvalue weighted by molar-refractivity contribution is 0.134. The van der Waals surface area contributed by atoms with E-state index >= 15 is 0 Å². The van der Waals surface area contributed by atoms with Gasteiger partial charge in [0.05, 0.1) is 0 Å². The number of rotatable bonds is 7. The van der Waals surface area contributed by atoms with Gasteiger partial charge in [0.25, 0.3) is 0 Å². The molecule has 0 spiro atoms. The van der Waals surface area contributed by atoms with E-state index in [0.29, 0.717) is 5.92 Å². The summed E-state index contributed by atoms with van der Waals surface area (Å²) in [5.41, 5.74) is 3.28. The molecule has 1 fully saturated rings. The average molecular weight is 356 g/mol. The number of hydrogen-bond donors (Lipinski definition) is 0. The first kappa shape index (κ1) is 19.0. The van der Waals surface area contributed by atoms with Crippen LogP contribution < -0.4 is 0 Å². The van der Waals surface area contributed by atoms with Crippen LogP contribution >= 0.6 is 0 Å². The zero-order chi connectivity index (χ0) is 18.4. The van der Waals surface area contributed by atoms with Crippen molar-refractivity contribution in [2.24, 2.45) is 5.92 Å². The van der Waals surface area contributed by atoms with E-state index in [1.54, 1.807) is 6.07 Å². The Bertz CT molecular complexity index is 689. The van der Waals surface area contributed by atoms with E-state index in [-0.39, 0.29) is 5.82 Å². The number of nitrogens with zero attached hydrogens (tertiary/aromatic N) is 3. The molecule has 3 nitrogen and oxygen atoms in total. The van der Waals surface area contributed by atoms with Crippen LogP contribution in [-0.2, 0) is 19.5 Å². The molecule has 1 aliphatic heterocycles. The molecule has 0 N–H and O–H groups in total. The smallest absolute Gasteiger partial charge is 0.127 e. The summed E-state index contributed by atoms with van der Waals surface area (Å²) in [7, 11) is 2.18. The maximum atomic E-state index is 14.3. The van der Waals surface area contributed by atoms with Crippen molar-refractivity contribution in [1.29, 1.82) is 0 Å². The molecule has 4 heteroatoms. The highest BCUT2D eigenvalue weighted by Crippen LogP contribution is 2.23. The zero-order valence-electron chi connectivity index (χ0n) is 16.0. The summed E-state index contributed by atoms with van der Waals surface area (Å²) in [5, 5.41) is 0. The number of aromatic nitrogens is 1. The average Bonchev–Trinajstić information content (AvgIpc) is 2.64. The first-order valence-corrected chi connectivity index (χ1v) is 9.71. The van der Waals surface area contributed by atoms with Crippen LogP contribution in [0.25, 0.3) is 0 Å². The van der Waals surface area contributed by atoms with Gasteiger partial charge in [-0.1, -0.05) is 25.1 Å². The van der Waals surface area contributed by atoms with Crippen molar-refractivity contribution in [3.05, 3.63) is 65.2 Å². The van der Waals surface area contributed by atoms with Crippen LogP contribution in [0.5, 0.6) is 0 Å². The minimum absolute atomic E-state index is 0.0554. The molecule has 2 aromatic rings. The molecule has 0 bridgehead atoms. The molecule has 0 amide bonds. The van der Waals surface area contributed by atoms with Crippen molar-refractivity contribution < 1.29 is 4.39 Å². The van der Waals surface area contributed by atoms with Crippen LogP contribution in [0.1, 0.15) is 36.5 Å². The van der Waals surface area contributed by atoms with Gasteiger partial charge in [-0.3, -0.25) is 9.88 Å². The van der Waals surface area contributed by atoms with Crippen molar-refractivity contribution >= 4 is 0 Å². The van der Waals surface area contributed by atoms with Gasteiger partial charge in [-0.05, 0) is 62.0 Å². The van der Waals surface area contributed by atoms with E-state index in [4.69, 9.17) is 0 Å². The first-order valence-electron chi connectivity index (χ1n) is 9.71. The monoisotopic (exact) mass is 355 g/mol. The van der Waals surface area contributed by atoms with Gasteiger partial charge < -0.3 is 4.90 Å². The predicted octanol–water partition coefficient (Wildman–Crippen LogP) is 4.13. The lowest BCUT2D eigenvalue weighted by Gasteiger charge is -2.35. The van der Waals surface area contributed by atoms with Gasteiger partial charge in [-0.15, -0.1) is 0 Å². The van der Waals surface area contributed by atoms with Crippen LogP contribution in [0, 0.1) is 11.7 Å². The van der Waals surface area contributed by atoms with Gasteiger partial charge in [-0.2, -0.15) is 0 Å². The number of piperidine rings is 1. The summed E-state index contributed by atoms with van der Waals surface area (Å²) in [4.78, 5) is 9.01. The standard InChI is InChI=1S/C22H30FN3/c1-3-20-9-4-10-22(23)21(20)17-26-12-6-8-19(16-26)15-25(2)14-18-7-5-11-24-13-18/h4-5,7,9-11,13,19H,3,6,8,12,14-17H2,1-2H3. The molecule has 140 valence electrons. The van der Waals surface area contributed by atoms with Crippen LogP contribution in [0.4, 0.5) is 4.39 Å². The Morgan fingerprint density at radius 2 is 2.15 bits per heavy atom. The number of halogens is 1. The van der Waals surface area contributed by atoms with Crippen molar-refractivity contribution in [3.63, 3.8) is 0 Å². The largest absolute Gasteiger partial charge is 0.302 e. The van der Waals surface area contributed by atoms with Gasteiger partial charge in [0.2, 0.25) is 0 Å². The van der Waals surface area contributed by atoms with Crippen molar-refractivity contribution in [1.82, 2.24) is 14.8 Å². The summed E-state index contributed by atoms with van der Waals surface area (Å²) in [6.45, 7) is 6.96. The molecule has 1 atom stereocenters. The minimum Gasteiger partial charge on any atom is -0.302 e. The molecule has 0 aliphatic carbocycles. The molecular formula is C22H30FN3. The fourth-order valence-corrected chi connectivity index (χ4v) is 4.09. The second kappa shape index (κ2) is 9.24. The Labute approximate surface area is 156 Å². The van der Waals surface area contributed by atoms with E-state index in [9.17, 15) is 4.39 Å². The molecule has 26 heavy (non-hydrogen) atoms. The second-order valence-corrected chi connectivity index (χ2v) is 7.53. The van der Waals surface area contributed by atoms with Gasteiger partial charge in [-0.25, -0.2) is 4.39 Å². The Kier molecular flexibility index (Phi) is 6.75. The molecule has 1 saturated heterocycles. The lowest BCUT2D eigenvalue weighted by Crippen LogP contribution is -2.39. The highest BCUT2D eigenvalue weighted by Gasteiger charge is 2.22.